The maximum Gasteiger partial charge on any atom is 0.227 e. The van der Waals surface area contributed by atoms with Crippen molar-refractivity contribution in [3.63, 3.8) is 0 Å². The SMILES string of the molecule is CC(C)c1ccc(N2CC(C#N)C2)c2cnc(Nc3ccnc(N4CC[C@@H](O)[C@@](C)(F)C4)n3)cc12. The zero-order valence-electron chi connectivity index (χ0n) is 20.2. The fourth-order valence-corrected chi connectivity index (χ4v) is 4.86. The molecule has 0 radical (unpaired) electrons. The summed E-state index contributed by atoms with van der Waals surface area (Å²) < 4.78 is 14.7. The summed E-state index contributed by atoms with van der Waals surface area (Å²) in [4.78, 5) is 17.5. The molecule has 2 saturated heterocycles. The predicted molar refractivity (Wildman–Crippen MR) is 135 cm³/mol. The van der Waals surface area contributed by atoms with Gasteiger partial charge in [-0.2, -0.15) is 10.2 Å². The molecule has 182 valence electrons. The molecule has 0 aliphatic carbocycles. The van der Waals surface area contributed by atoms with Crippen LogP contribution in [0, 0.1) is 17.2 Å². The van der Waals surface area contributed by atoms with Crippen molar-refractivity contribution in [2.24, 2.45) is 5.92 Å². The molecule has 0 saturated carbocycles. The predicted octanol–water partition coefficient (Wildman–Crippen LogP) is 4.15. The first-order valence-electron chi connectivity index (χ1n) is 12.0. The van der Waals surface area contributed by atoms with Crippen molar-refractivity contribution in [3.05, 3.63) is 42.2 Å². The zero-order valence-corrected chi connectivity index (χ0v) is 20.2. The Morgan fingerprint density at radius 3 is 2.69 bits per heavy atom. The molecule has 35 heavy (non-hydrogen) atoms. The average molecular weight is 476 g/mol. The Hall–Kier alpha value is -3.51. The molecule has 3 aromatic rings. The van der Waals surface area contributed by atoms with Crippen LogP contribution in [-0.2, 0) is 0 Å². The summed E-state index contributed by atoms with van der Waals surface area (Å²) in [5, 5.41) is 24.5. The van der Waals surface area contributed by atoms with Crippen molar-refractivity contribution in [3.8, 4) is 6.07 Å². The molecule has 2 aliphatic heterocycles. The van der Waals surface area contributed by atoms with E-state index in [1.165, 1.54) is 12.5 Å². The van der Waals surface area contributed by atoms with Gasteiger partial charge in [-0.15, -0.1) is 0 Å². The Morgan fingerprint density at radius 1 is 1.17 bits per heavy atom. The third-order valence-electron chi connectivity index (χ3n) is 6.99. The molecule has 0 bridgehead atoms. The van der Waals surface area contributed by atoms with E-state index in [1.54, 1.807) is 17.2 Å². The number of piperidine rings is 1. The van der Waals surface area contributed by atoms with Crippen LogP contribution in [0.2, 0.25) is 0 Å². The van der Waals surface area contributed by atoms with Gasteiger partial charge in [0, 0.05) is 43.1 Å². The van der Waals surface area contributed by atoms with Crippen LogP contribution in [0.15, 0.2) is 36.7 Å². The van der Waals surface area contributed by atoms with Crippen molar-refractivity contribution in [2.45, 2.75) is 44.9 Å². The number of fused-ring (bicyclic) bond motifs is 1. The summed E-state index contributed by atoms with van der Waals surface area (Å²) in [6.07, 6.45) is 2.86. The molecule has 2 fully saturated rings. The summed E-state index contributed by atoms with van der Waals surface area (Å²) in [5.41, 5.74) is 0.615. The van der Waals surface area contributed by atoms with Crippen LogP contribution in [-0.4, -0.2) is 58.0 Å². The van der Waals surface area contributed by atoms with Gasteiger partial charge in [-0.3, -0.25) is 0 Å². The highest BCUT2D eigenvalue weighted by Crippen LogP contribution is 2.37. The first-order chi connectivity index (χ1) is 16.7. The number of nitriles is 1. The fraction of sp³-hybridized carbons (Fsp3) is 0.462. The van der Waals surface area contributed by atoms with E-state index < -0.39 is 11.8 Å². The van der Waals surface area contributed by atoms with Crippen molar-refractivity contribution in [1.82, 2.24) is 15.0 Å². The van der Waals surface area contributed by atoms with Crippen molar-refractivity contribution < 1.29 is 9.50 Å². The van der Waals surface area contributed by atoms with Crippen LogP contribution in [0.4, 0.5) is 27.7 Å². The van der Waals surface area contributed by atoms with Crippen LogP contribution in [0.1, 0.15) is 38.7 Å². The molecule has 1 aromatic carbocycles. The molecule has 8 nitrogen and oxygen atoms in total. The second kappa shape index (κ2) is 8.93. The van der Waals surface area contributed by atoms with E-state index in [2.05, 4.69) is 57.2 Å². The van der Waals surface area contributed by atoms with Crippen molar-refractivity contribution in [1.29, 1.82) is 5.26 Å². The largest absolute Gasteiger partial charge is 0.390 e. The van der Waals surface area contributed by atoms with Crippen LogP contribution in [0.25, 0.3) is 10.8 Å². The normalized spacial score (nSPS) is 22.8. The molecular weight excluding hydrogens is 445 g/mol. The van der Waals surface area contributed by atoms with Gasteiger partial charge in [0.05, 0.1) is 24.6 Å². The van der Waals surface area contributed by atoms with Gasteiger partial charge in [-0.05, 0) is 48.4 Å². The quantitative estimate of drug-likeness (QED) is 0.568. The number of nitrogens with one attached hydrogen (secondary N) is 1. The molecule has 0 amide bonds. The minimum Gasteiger partial charge on any atom is -0.390 e. The molecule has 2 aromatic heterocycles. The molecule has 0 spiro atoms. The van der Waals surface area contributed by atoms with Crippen LogP contribution in [0.3, 0.4) is 0 Å². The summed E-state index contributed by atoms with van der Waals surface area (Å²) in [7, 11) is 0. The van der Waals surface area contributed by atoms with E-state index in [4.69, 9.17) is 5.26 Å². The van der Waals surface area contributed by atoms with Crippen molar-refractivity contribution >= 4 is 34.0 Å². The number of aliphatic hydroxyl groups excluding tert-OH is 1. The molecule has 9 heteroatoms. The highest BCUT2D eigenvalue weighted by Gasteiger charge is 2.39. The Kier molecular flexibility index (Phi) is 5.93. The Morgan fingerprint density at radius 2 is 1.97 bits per heavy atom. The maximum atomic E-state index is 14.7. The van der Waals surface area contributed by atoms with E-state index in [9.17, 15) is 9.50 Å². The molecular formula is C26H30FN7O. The van der Waals surface area contributed by atoms with Crippen LogP contribution in [0.5, 0.6) is 0 Å². The first-order valence-corrected chi connectivity index (χ1v) is 12.0. The molecule has 4 heterocycles. The number of hydrogen-bond acceptors (Lipinski definition) is 8. The Labute approximate surface area is 204 Å². The lowest BCUT2D eigenvalue weighted by molar-refractivity contribution is -0.00860. The number of rotatable bonds is 5. The van der Waals surface area contributed by atoms with Gasteiger partial charge in [0.2, 0.25) is 5.95 Å². The number of nitrogens with zero attached hydrogens (tertiary/aromatic N) is 6. The minimum absolute atomic E-state index is 0.0372. The van der Waals surface area contributed by atoms with E-state index in [-0.39, 0.29) is 12.5 Å². The van der Waals surface area contributed by atoms with Crippen LogP contribution < -0.4 is 15.1 Å². The summed E-state index contributed by atoms with van der Waals surface area (Å²) in [5.74, 6) is 2.05. The summed E-state index contributed by atoms with van der Waals surface area (Å²) >= 11 is 0. The number of alkyl halides is 1. The Balaban J connectivity index is 1.43. The first kappa shape index (κ1) is 23.2. The third kappa shape index (κ3) is 4.46. The molecule has 5 rings (SSSR count). The van der Waals surface area contributed by atoms with E-state index in [0.29, 0.717) is 36.5 Å². The lowest BCUT2D eigenvalue weighted by Gasteiger charge is -2.38. The number of aliphatic hydroxyl groups is 1. The number of aromatic nitrogens is 3. The lowest BCUT2D eigenvalue weighted by atomic mass is 9.93. The van der Waals surface area contributed by atoms with Crippen molar-refractivity contribution in [2.75, 3.05) is 41.3 Å². The second-order valence-electron chi connectivity index (χ2n) is 10.0. The molecule has 2 atom stereocenters. The monoisotopic (exact) mass is 475 g/mol. The number of pyridine rings is 1. The average Bonchev–Trinajstić information content (AvgIpc) is 2.80. The number of hydrogen-bond donors (Lipinski definition) is 2. The van der Waals surface area contributed by atoms with Gasteiger partial charge in [-0.25, -0.2) is 14.4 Å². The summed E-state index contributed by atoms with van der Waals surface area (Å²) in [6.45, 7) is 7.75. The number of halogens is 1. The standard InChI is InChI=1S/C26H30FN7O/c1-16(2)18-4-5-21(34-13-17(11-28)14-34)20-12-30-24(10-19(18)20)31-23-6-8-29-25(32-23)33-9-7-22(35)26(3,27)15-33/h4-6,8,10,12,16-17,22,35H,7,9,13-15H2,1-3H3,(H,29,30,31,32)/t22-,26+/m1/s1. The van der Waals surface area contributed by atoms with Gasteiger partial charge in [0.25, 0.3) is 0 Å². The Bertz CT molecular complexity index is 1280. The lowest BCUT2D eigenvalue weighted by Crippen LogP contribution is -2.52. The highest BCUT2D eigenvalue weighted by molar-refractivity contribution is 5.98. The van der Waals surface area contributed by atoms with E-state index in [1.807, 2.05) is 12.3 Å². The smallest absolute Gasteiger partial charge is 0.227 e. The fourth-order valence-electron chi connectivity index (χ4n) is 4.86. The van der Waals surface area contributed by atoms with Gasteiger partial charge in [-0.1, -0.05) is 19.9 Å². The highest BCUT2D eigenvalue weighted by atomic mass is 19.1. The second-order valence-corrected chi connectivity index (χ2v) is 10.0. The number of anilines is 4. The summed E-state index contributed by atoms with van der Waals surface area (Å²) in [6, 6.07) is 10.4. The van der Waals surface area contributed by atoms with Gasteiger partial charge in [0.1, 0.15) is 11.6 Å². The number of benzene rings is 1. The maximum absolute atomic E-state index is 14.7. The molecule has 2 aliphatic rings. The van der Waals surface area contributed by atoms with E-state index in [0.717, 1.165) is 29.5 Å². The zero-order chi connectivity index (χ0) is 24.7. The topological polar surface area (TPSA) is 101 Å². The van der Waals surface area contributed by atoms with Crippen LogP contribution >= 0.6 is 0 Å². The molecule has 0 unspecified atom stereocenters. The third-order valence-corrected chi connectivity index (χ3v) is 6.99. The molecule has 2 N–H and O–H groups in total. The minimum atomic E-state index is -1.71. The van der Waals surface area contributed by atoms with Gasteiger partial charge >= 0.3 is 0 Å². The van der Waals surface area contributed by atoms with Gasteiger partial charge < -0.3 is 20.2 Å². The van der Waals surface area contributed by atoms with E-state index >= 15 is 0 Å². The van der Waals surface area contributed by atoms with Gasteiger partial charge in [0.15, 0.2) is 5.67 Å².